The normalized spacial score (nSPS) is 10.3. The lowest BCUT2D eigenvalue weighted by molar-refractivity contribution is -0.115. The molecular formula is C31H34N2O5. The smallest absolute Gasteiger partial charge is 0.250 e. The minimum atomic E-state index is -0.173. The fourth-order valence-corrected chi connectivity index (χ4v) is 3.71. The summed E-state index contributed by atoms with van der Waals surface area (Å²) in [5.41, 5.74) is 1.63. The van der Waals surface area contributed by atoms with Gasteiger partial charge in [-0.3, -0.25) is 9.59 Å². The van der Waals surface area contributed by atoms with E-state index >= 15 is 0 Å². The van der Waals surface area contributed by atoms with Crippen molar-refractivity contribution in [2.75, 3.05) is 49.3 Å². The Balaban J connectivity index is 1.37. The fourth-order valence-electron chi connectivity index (χ4n) is 3.71. The predicted molar refractivity (Wildman–Crippen MR) is 151 cm³/mol. The summed E-state index contributed by atoms with van der Waals surface area (Å²) in [5.74, 6) is 1.04. The molecule has 0 N–H and O–H groups in total. The second-order valence-corrected chi connectivity index (χ2v) is 8.20. The minimum absolute atomic E-state index is 0.145. The van der Waals surface area contributed by atoms with Gasteiger partial charge in [0.2, 0.25) is 11.8 Å². The number of rotatable bonds is 16. The van der Waals surface area contributed by atoms with Crippen LogP contribution in [0.3, 0.4) is 0 Å². The molecular weight excluding hydrogens is 480 g/mol. The molecule has 0 aliphatic carbocycles. The van der Waals surface area contributed by atoms with E-state index in [1.54, 1.807) is 9.80 Å². The second-order valence-electron chi connectivity index (χ2n) is 8.20. The highest BCUT2D eigenvalue weighted by molar-refractivity contribution is 6.01. The summed E-state index contributed by atoms with van der Waals surface area (Å²) < 4.78 is 17.3. The molecule has 3 aromatic rings. The van der Waals surface area contributed by atoms with E-state index in [4.69, 9.17) is 14.2 Å². The van der Waals surface area contributed by atoms with Gasteiger partial charge in [0, 0.05) is 30.5 Å². The van der Waals surface area contributed by atoms with Crippen LogP contribution in [0.25, 0.3) is 0 Å². The number of nitrogens with zero attached hydrogens (tertiary/aromatic N) is 2. The molecule has 0 fully saturated rings. The van der Waals surface area contributed by atoms with Gasteiger partial charge in [-0.15, -0.1) is 0 Å². The summed E-state index contributed by atoms with van der Waals surface area (Å²) in [6, 6.07) is 26.3. The van der Waals surface area contributed by atoms with Gasteiger partial charge in [0.05, 0.1) is 19.8 Å². The Kier molecular flexibility index (Phi) is 11.6. The molecule has 0 bridgehead atoms. The number of ether oxygens (including phenoxy) is 3. The van der Waals surface area contributed by atoms with E-state index in [1.807, 2.05) is 84.9 Å². The molecule has 3 aromatic carbocycles. The van der Waals surface area contributed by atoms with Gasteiger partial charge in [-0.05, 0) is 55.0 Å². The quantitative estimate of drug-likeness (QED) is 0.192. The molecule has 0 aliphatic rings. The molecule has 0 spiro atoms. The zero-order valence-electron chi connectivity index (χ0n) is 21.5. The first-order valence-electron chi connectivity index (χ1n) is 12.5. The molecule has 3 rings (SSSR count). The fraction of sp³-hybridized carbons (Fsp3) is 0.226. The molecule has 0 atom stereocenters. The maximum Gasteiger partial charge on any atom is 0.250 e. The third-order valence-electron chi connectivity index (χ3n) is 5.57. The Morgan fingerprint density at radius 1 is 0.632 bits per heavy atom. The number of hydrogen-bond donors (Lipinski definition) is 0. The van der Waals surface area contributed by atoms with Crippen LogP contribution in [-0.2, 0) is 14.3 Å². The van der Waals surface area contributed by atoms with E-state index < -0.39 is 0 Å². The van der Waals surface area contributed by atoms with Gasteiger partial charge in [-0.2, -0.15) is 0 Å². The lowest BCUT2D eigenvalue weighted by Gasteiger charge is -2.21. The lowest BCUT2D eigenvalue weighted by Crippen LogP contribution is -2.32. The molecule has 2 amide bonds. The largest absolute Gasteiger partial charge is 0.493 e. The Morgan fingerprint density at radius 3 is 1.71 bits per heavy atom. The van der Waals surface area contributed by atoms with E-state index in [9.17, 15) is 9.59 Å². The maximum absolute atomic E-state index is 12.2. The van der Waals surface area contributed by atoms with Gasteiger partial charge >= 0.3 is 0 Å². The molecule has 38 heavy (non-hydrogen) atoms. The van der Waals surface area contributed by atoms with Crippen LogP contribution < -0.4 is 19.3 Å². The predicted octanol–water partition coefficient (Wildman–Crippen LogP) is 5.29. The van der Waals surface area contributed by atoms with Crippen molar-refractivity contribution in [3.05, 3.63) is 110 Å². The number of para-hydroxylation sites is 2. The van der Waals surface area contributed by atoms with Crippen LogP contribution in [0.2, 0.25) is 0 Å². The van der Waals surface area contributed by atoms with Gasteiger partial charge in [-0.25, -0.2) is 0 Å². The summed E-state index contributed by atoms with van der Waals surface area (Å²) in [6.45, 7) is 9.66. The third-order valence-corrected chi connectivity index (χ3v) is 5.57. The molecule has 198 valence electrons. The van der Waals surface area contributed by atoms with Gasteiger partial charge in [0.15, 0.2) is 0 Å². The standard InChI is InChI=1S/C31H34N2O5/c1-3-30(34)32(26-13-7-5-8-14-26)19-12-21-37-28-17-11-18-29(25-28)38-24-23-36-22-20-33(31(35)4-2)27-15-9-6-10-16-27/h3-11,13-18,25H,1-2,12,19-24H2. The number of carbonyl (C=O) groups is 2. The lowest BCUT2D eigenvalue weighted by atomic mass is 10.2. The molecule has 0 aliphatic heterocycles. The Bertz CT molecular complexity index is 1170. The van der Waals surface area contributed by atoms with Crippen molar-refractivity contribution in [1.29, 1.82) is 0 Å². The zero-order chi connectivity index (χ0) is 27.0. The summed E-state index contributed by atoms with van der Waals surface area (Å²) in [6.07, 6.45) is 3.27. The van der Waals surface area contributed by atoms with Crippen molar-refractivity contribution in [2.24, 2.45) is 0 Å². The highest BCUT2D eigenvalue weighted by Gasteiger charge is 2.13. The van der Waals surface area contributed by atoms with Crippen LogP contribution in [0.15, 0.2) is 110 Å². The first-order valence-corrected chi connectivity index (χ1v) is 12.5. The van der Waals surface area contributed by atoms with E-state index in [0.717, 1.165) is 11.4 Å². The molecule has 7 nitrogen and oxygen atoms in total. The van der Waals surface area contributed by atoms with E-state index in [-0.39, 0.29) is 11.8 Å². The van der Waals surface area contributed by atoms with Gasteiger partial charge < -0.3 is 24.0 Å². The van der Waals surface area contributed by atoms with Crippen LogP contribution in [0, 0.1) is 0 Å². The van der Waals surface area contributed by atoms with Crippen LogP contribution in [0.1, 0.15) is 6.42 Å². The van der Waals surface area contributed by atoms with Crippen molar-refractivity contribution in [1.82, 2.24) is 0 Å². The van der Waals surface area contributed by atoms with E-state index in [0.29, 0.717) is 57.4 Å². The Labute approximate surface area is 224 Å². The summed E-state index contributed by atoms with van der Waals surface area (Å²) >= 11 is 0. The topological polar surface area (TPSA) is 68.3 Å². The second kappa shape index (κ2) is 15.7. The molecule has 7 heteroatoms. The van der Waals surface area contributed by atoms with Crippen molar-refractivity contribution >= 4 is 23.2 Å². The Morgan fingerprint density at radius 2 is 1.16 bits per heavy atom. The first kappa shape index (κ1) is 28.2. The number of hydrogen-bond acceptors (Lipinski definition) is 5. The molecule has 0 unspecified atom stereocenters. The van der Waals surface area contributed by atoms with Crippen LogP contribution in [0.4, 0.5) is 11.4 Å². The van der Waals surface area contributed by atoms with Crippen LogP contribution in [-0.4, -0.2) is 51.3 Å². The summed E-state index contributed by atoms with van der Waals surface area (Å²) in [4.78, 5) is 27.7. The molecule has 0 radical (unpaired) electrons. The van der Waals surface area contributed by atoms with E-state index in [2.05, 4.69) is 13.2 Å². The van der Waals surface area contributed by atoms with Crippen molar-refractivity contribution in [2.45, 2.75) is 6.42 Å². The van der Waals surface area contributed by atoms with Gasteiger partial charge in [0.25, 0.3) is 0 Å². The summed E-state index contributed by atoms with van der Waals surface area (Å²) in [7, 11) is 0. The Hall–Kier alpha value is -4.36. The number of anilines is 2. The minimum Gasteiger partial charge on any atom is -0.493 e. The number of carbonyl (C=O) groups excluding carboxylic acids is 2. The highest BCUT2D eigenvalue weighted by atomic mass is 16.5. The highest BCUT2D eigenvalue weighted by Crippen LogP contribution is 2.20. The molecule has 0 heterocycles. The molecule has 0 aromatic heterocycles. The number of amides is 2. The van der Waals surface area contributed by atoms with Gasteiger partial charge in [0.1, 0.15) is 18.1 Å². The molecule has 0 saturated heterocycles. The molecule has 0 saturated carbocycles. The number of benzene rings is 3. The van der Waals surface area contributed by atoms with Gasteiger partial charge in [-0.1, -0.05) is 55.6 Å². The van der Waals surface area contributed by atoms with Crippen molar-refractivity contribution in [3.63, 3.8) is 0 Å². The van der Waals surface area contributed by atoms with Crippen LogP contribution >= 0.6 is 0 Å². The zero-order valence-corrected chi connectivity index (χ0v) is 21.5. The average molecular weight is 515 g/mol. The average Bonchev–Trinajstić information content (AvgIpc) is 2.97. The monoisotopic (exact) mass is 514 g/mol. The summed E-state index contributed by atoms with van der Waals surface area (Å²) in [5, 5.41) is 0. The first-order chi connectivity index (χ1) is 18.6. The van der Waals surface area contributed by atoms with E-state index in [1.165, 1.54) is 12.2 Å². The maximum atomic E-state index is 12.2. The third kappa shape index (κ3) is 8.94. The van der Waals surface area contributed by atoms with Crippen LogP contribution in [0.5, 0.6) is 11.5 Å². The SMILES string of the molecule is C=CC(=O)N(CCCOc1cccc(OCCOCCN(C(=O)C=C)c2ccccc2)c1)c1ccccc1. The van der Waals surface area contributed by atoms with Crippen molar-refractivity contribution < 1.29 is 23.8 Å². The van der Waals surface area contributed by atoms with Crippen molar-refractivity contribution in [3.8, 4) is 11.5 Å².